The fourth-order valence-corrected chi connectivity index (χ4v) is 1.72. The molecule has 1 amide bonds. The first-order valence-electron chi connectivity index (χ1n) is 6.44. The summed E-state index contributed by atoms with van der Waals surface area (Å²) in [6.45, 7) is 0.698. The van der Waals surface area contributed by atoms with E-state index in [2.05, 4.69) is 20.5 Å². The van der Waals surface area contributed by atoms with E-state index in [1.807, 2.05) is 0 Å². The number of hydrogen-bond donors (Lipinski definition) is 2. The Morgan fingerprint density at radius 2 is 2.17 bits per heavy atom. The molecule has 23 heavy (non-hydrogen) atoms. The van der Waals surface area contributed by atoms with Crippen LogP contribution in [0.25, 0.3) is 0 Å². The molecule has 122 valence electrons. The molecule has 0 fully saturated rings. The smallest absolute Gasteiger partial charge is 0.411 e. The Bertz CT molecular complexity index is 685. The van der Waals surface area contributed by atoms with Crippen molar-refractivity contribution < 1.29 is 19.0 Å². The molecule has 0 spiro atoms. The number of hydrogen-bond acceptors (Lipinski definition) is 8. The number of halogens is 1. The summed E-state index contributed by atoms with van der Waals surface area (Å²) in [6, 6.07) is 4.69. The molecule has 2 aromatic rings. The molecule has 0 saturated heterocycles. The highest BCUT2D eigenvalue weighted by molar-refractivity contribution is 6.29. The van der Waals surface area contributed by atoms with E-state index < -0.39 is 6.09 Å². The average Bonchev–Trinajstić information content (AvgIpc) is 2.49. The van der Waals surface area contributed by atoms with Crippen LogP contribution >= 0.6 is 11.6 Å². The molecule has 0 aliphatic rings. The van der Waals surface area contributed by atoms with Crippen molar-refractivity contribution in [1.82, 2.24) is 15.2 Å². The molecular formula is C13H14ClN5O4. The van der Waals surface area contributed by atoms with Crippen LogP contribution in [0.5, 0.6) is 11.8 Å². The van der Waals surface area contributed by atoms with Gasteiger partial charge in [-0.15, -0.1) is 10.2 Å². The molecule has 0 bridgehead atoms. The lowest BCUT2D eigenvalue weighted by atomic mass is 10.3. The molecule has 0 aliphatic heterocycles. The van der Waals surface area contributed by atoms with Gasteiger partial charge in [0.25, 0.3) is 5.88 Å². The standard InChI is InChI=1S/C13H14ClN5O4/c1-21-4-5-22-12-9(7-10(14)18-19-12)17-8-2-3-16-11(6-8)23-13(15)20/h2-3,6-7H,4-5H2,1H3,(H2,15,20)(H,16,17,18). The molecule has 0 unspecified atom stereocenters. The predicted octanol–water partition coefficient (Wildman–Crippen LogP) is 1.75. The van der Waals surface area contributed by atoms with E-state index in [0.717, 1.165) is 0 Å². The summed E-state index contributed by atoms with van der Waals surface area (Å²) in [6.07, 6.45) is 0.495. The van der Waals surface area contributed by atoms with Gasteiger partial charge in [0.2, 0.25) is 5.88 Å². The Morgan fingerprint density at radius 1 is 1.35 bits per heavy atom. The number of methoxy groups -OCH3 is 1. The summed E-state index contributed by atoms with van der Waals surface area (Å²) in [7, 11) is 1.56. The zero-order chi connectivity index (χ0) is 16.7. The van der Waals surface area contributed by atoms with Crippen molar-refractivity contribution in [2.24, 2.45) is 5.73 Å². The van der Waals surface area contributed by atoms with E-state index in [1.54, 1.807) is 19.2 Å². The van der Waals surface area contributed by atoms with Gasteiger partial charge in [-0.25, -0.2) is 9.78 Å². The lowest BCUT2D eigenvalue weighted by Gasteiger charge is -2.12. The number of ether oxygens (including phenoxy) is 3. The number of primary amides is 1. The molecule has 0 atom stereocenters. The molecule has 0 aromatic carbocycles. The second-order valence-corrected chi connectivity index (χ2v) is 4.54. The third-order valence-corrected chi connectivity index (χ3v) is 2.66. The molecule has 3 N–H and O–H groups in total. The Hall–Kier alpha value is -2.65. The minimum absolute atomic E-state index is 0.0532. The third kappa shape index (κ3) is 5.24. The van der Waals surface area contributed by atoms with Crippen LogP contribution in [0.1, 0.15) is 0 Å². The Kier molecular flexibility index (Phi) is 5.89. The zero-order valence-electron chi connectivity index (χ0n) is 12.2. The predicted molar refractivity (Wildman–Crippen MR) is 82.1 cm³/mol. The summed E-state index contributed by atoms with van der Waals surface area (Å²) < 4.78 is 15.1. The zero-order valence-corrected chi connectivity index (χ0v) is 12.9. The number of nitrogens with zero attached hydrogens (tertiary/aromatic N) is 3. The van der Waals surface area contributed by atoms with E-state index in [-0.39, 0.29) is 16.9 Å². The maximum atomic E-state index is 10.8. The van der Waals surface area contributed by atoms with Crippen molar-refractivity contribution in [1.29, 1.82) is 0 Å². The van der Waals surface area contributed by atoms with Crippen LogP contribution < -0.4 is 20.5 Å². The summed E-state index contributed by atoms with van der Waals surface area (Å²) >= 11 is 5.85. The Labute approximate surface area is 136 Å². The minimum atomic E-state index is -0.952. The average molecular weight is 340 g/mol. The van der Waals surface area contributed by atoms with E-state index >= 15 is 0 Å². The quantitative estimate of drug-likeness (QED) is 0.731. The van der Waals surface area contributed by atoms with Crippen LogP contribution in [0.3, 0.4) is 0 Å². The third-order valence-electron chi connectivity index (χ3n) is 2.48. The molecule has 10 heteroatoms. The minimum Gasteiger partial charge on any atom is -0.473 e. The van der Waals surface area contributed by atoms with Gasteiger partial charge in [-0.05, 0) is 6.07 Å². The maximum Gasteiger partial charge on any atom is 0.411 e. The largest absolute Gasteiger partial charge is 0.473 e. The first-order chi connectivity index (χ1) is 11.1. The molecular weight excluding hydrogens is 326 g/mol. The topological polar surface area (TPSA) is 121 Å². The fraction of sp³-hybridized carbons (Fsp3) is 0.231. The summed E-state index contributed by atoms with van der Waals surface area (Å²) in [5.41, 5.74) is 6.00. The van der Waals surface area contributed by atoms with Gasteiger partial charge in [0.05, 0.1) is 6.61 Å². The number of anilines is 2. The highest BCUT2D eigenvalue weighted by atomic mass is 35.5. The van der Waals surface area contributed by atoms with Gasteiger partial charge in [0.1, 0.15) is 12.3 Å². The highest BCUT2D eigenvalue weighted by Crippen LogP contribution is 2.28. The first-order valence-corrected chi connectivity index (χ1v) is 6.81. The van der Waals surface area contributed by atoms with Crippen LogP contribution in [0.2, 0.25) is 5.15 Å². The SMILES string of the molecule is COCCOc1nnc(Cl)cc1Nc1ccnc(OC(N)=O)c1. The highest BCUT2D eigenvalue weighted by Gasteiger charge is 2.10. The Morgan fingerprint density at radius 3 is 2.91 bits per heavy atom. The summed E-state index contributed by atoms with van der Waals surface area (Å²) in [5.74, 6) is 0.304. The van der Waals surface area contributed by atoms with Crippen molar-refractivity contribution in [3.63, 3.8) is 0 Å². The second kappa shape index (κ2) is 8.11. The number of pyridine rings is 1. The normalized spacial score (nSPS) is 10.2. The molecule has 2 heterocycles. The number of nitrogens with two attached hydrogens (primary N) is 1. The van der Waals surface area contributed by atoms with Gasteiger partial charge in [0, 0.05) is 31.1 Å². The number of carbonyl (C=O) groups excluding carboxylic acids is 1. The van der Waals surface area contributed by atoms with Gasteiger partial charge >= 0.3 is 6.09 Å². The molecule has 9 nitrogen and oxygen atoms in total. The van der Waals surface area contributed by atoms with E-state index in [0.29, 0.717) is 24.6 Å². The number of nitrogens with one attached hydrogen (secondary N) is 1. The van der Waals surface area contributed by atoms with Gasteiger partial charge in [-0.3, -0.25) is 0 Å². The molecule has 0 aliphatic carbocycles. The summed E-state index contributed by atoms with van der Waals surface area (Å²) in [4.78, 5) is 14.6. The first kappa shape index (κ1) is 16.7. The lowest BCUT2D eigenvalue weighted by Crippen LogP contribution is -2.16. The molecule has 0 radical (unpaired) electrons. The molecule has 0 saturated carbocycles. The Balaban J connectivity index is 2.18. The molecule has 2 aromatic heterocycles. The second-order valence-electron chi connectivity index (χ2n) is 4.16. The van der Waals surface area contributed by atoms with Crippen LogP contribution in [0.4, 0.5) is 16.2 Å². The van der Waals surface area contributed by atoms with Crippen LogP contribution in [-0.4, -0.2) is 41.6 Å². The number of carbonyl (C=O) groups is 1. The van der Waals surface area contributed by atoms with Gasteiger partial charge in [0.15, 0.2) is 5.15 Å². The van der Waals surface area contributed by atoms with Crippen molar-refractivity contribution in [3.8, 4) is 11.8 Å². The van der Waals surface area contributed by atoms with Gasteiger partial charge in [-0.2, -0.15) is 0 Å². The van der Waals surface area contributed by atoms with Gasteiger partial charge < -0.3 is 25.3 Å². The molecule has 2 rings (SSSR count). The number of aromatic nitrogens is 3. The van der Waals surface area contributed by atoms with Crippen LogP contribution in [0.15, 0.2) is 24.4 Å². The van der Waals surface area contributed by atoms with Gasteiger partial charge in [-0.1, -0.05) is 11.6 Å². The van der Waals surface area contributed by atoms with Crippen LogP contribution in [-0.2, 0) is 4.74 Å². The van der Waals surface area contributed by atoms with Crippen molar-refractivity contribution in [2.45, 2.75) is 0 Å². The number of amides is 1. The van der Waals surface area contributed by atoms with E-state index in [4.69, 9.17) is 31.5 Å². The monoisotopic (exact) mass is 339 g/mol. The van der Waals surface area contributed by atoms with Crippen molar-refractivity contribution in [2.75, 3.05) is 25.6 Å². The summed E-state index contributed by atoms with van der Waals surface area (Å²) in [5, 5.41) is 10.8. The number of rotatable bonds is 7. The van der Waals surface area contributed by atoms with E-state index in [1.165, 1.54) is 12.3 Å². The van der Waals surface area contributed by atoms with Crippen molar-refractivity contribution >= 4 is 29.1 Å². The van der Waals surface area contributed by atoms with E-state index in [9.17, 15) is 4.79 Å². The van der Waals surface area contributed by atoms with Crippen molar-refractivity contribution in [3.05, 3.63) is 29.5 Å². The fourth-order valence-electron chi connectivity index (χ4n) is 1.58. The maximum absolute atomic E-state index is 10.8. The lowest BCUT2D eigenvalue weighted by molar-refractivity contribution is 0.143. The van der Waals surface area contributed by atoms with Crippen LogP contribution in [0, 0.1) is 0 Å².